The molecule has 7 heteroatoms. The highest BCUT2D eigenvalue weighted by Crippen LogP contribution is 2.21. The molecule has 0 amide bonds. The van der Waals surface area contributed by atoms with Gasteiger partial charge in [-0.2, -0.15) is 5.10 Å². The minimum absolute atomic E-state index is 0.842. The summed E-state index contributed by atoms with van der Waals surface area (Å²) in [6.45, 7) is 8.66. The summed E-state index contributed by atoms with van der Waals surface area (Å²) in [6, 6.07) is 4.09. The van der Waals surface area contributed by atoms with Crippen molar-refractivity contribution in [2.24, 2.45) is 0 Å². The topological polar surface area (TPSA) is 62.7 Å². The molecule has 3 aromatic heterocycles. The van der Waals surface area contributed by atoms with Crippen LogP contribution < -0.4 is 4.90 Å². The summed E-state index contributed by atoms with van der Waals surface area (Å²) in [5, 5.41) is 8.54. The Morgan fingerprint density at radius 1 is 1.13 bits per heavy atom. The van der Waals surface area contributed by atoms with Crippen LogP contribution >= 0.6 is 0 Å². The Morgan fingerprint density at radius 3 is 2.70 bits per heavy atom. The molecule has 0 aromatic carbocycles. The molecule has 4 rings (SSSR count). The minimum Gasteiger partial charge on any atom is -0.361 e. The third kappa shape index (κ3) is 2.79. The molecule has 23 heavy (non-hydrogen) atoms. The van der Waals surface area contributed by atoms with Gasteiger partial charge < -0.3 is 9.42 Å². The maximum absolute atomic E-state index is 5.14. The predicted octanol–water partition coefficient (Wildman–Crippen LogP) is 1.66. The van der Waals surface area contributed by atoms with Crippen molar-refractivity contribution >= 4 is 11.3 Å². The number of aromatic nitrogens is 4. The first kappa shape index (κ1) is 14.2. The molecule has 1 aliphatic heterocycles. The van der Waals surface area contributed by atoms with E-state index in [1.165, 1.54) is 0 Å². The van der Waals surface area contributed by atoms with Crippen LogP contribution in [0, 0.1) is 13.8 Å². The number of nitrogens with zero attached hydrogens (tertiary/aromatic N) is 6. The zero-order valence-corrected chi connectivity index (χ0v) is 13.4. The molecular formula is C16H20N6O. The summed E-state index contributed by atoms with van der Waals surface area (Å²) in [5.74, 6) is 1.88. The molecule has 1 saturated heterocycles. The molecule has 1 fully saturated rings. The smallest absolute Gasteiger partial charge is 0.154 e. The number of piperazine rings is 1. The summed E-state index contributed by atoms with van der Waals surface area (Å²) >= 11 is 0. The van der Waals surface area contributed by atoms with Crippen LogP contribution in [0.1, 0.15) is 17.1 Å². The van der Waals surface area contributed by atoms with Crippen molar-refractivity contribution in [3.05, 3.63) is 41.7 Å². The summed E-state index contributed by atoms with van der Waals surface area (Å²) in [6.07, 6.45) is 3.72. The van der Waals surface area contributed by atoms with Crippen molar-refractivity contribution in [2.75, 3.05) is 31.1 Å². The average Bonchev–Trinajstić information content (AvgIpc) is 3.12. The minimum atomic E-state index is 0.842. The van der Waals surface area contributed by atoms with E-state index in [0.29, 0.717) is 0 Å². The second-order valence-corrected chi connectivity index (χ2v) is 6.06. The highest BCUT2D eigenvalue weighted by atomic mass is 16.5. The number of fused-ring (bicyclic) bond motifs is 1. The van der Waals surface area contributed by atoms with E-state index in [9.17, 15) is 0 Å². The Labute approximate surface area is 134 Å². The molecule has 0 atom stereocenters. The zero-order chi connectivity index (χ0) is 15.8. The molecule has 0 spiro atoms. The lowest BCUT2D eigenvalue weighted by Crippen LogP contribution is -2.46. The molecule has 120 valence electrons. The van der Waals surface area contributed by atoms with Crippen LogP contribution in [0.25, 0.3) is 5.52 Å². The highest BCUT2D eigenvalue weighted by Gasteiger charge is 2.21. The van der Waals surface area contributed by atoms with E-state index in [0.717, 1.165) is 61.2 Å². The van der Waals surface area contributed by atoms with Crippen molar-refractivity contribution in [3.63, 3.8) is 0 Å². The van der Waals surface area contributed by atoms with Gasteiger partial charge in [0.05, 0.1) is 11.4 Å². The van der Waals surface area contributed by atoms with Crippen LogP contribution in [0.4, 0.5) is 5.82 Å². The van der Waals surface area contributed by atoms with Gasteiger partial charge in [0, 0.05) is 51.2 Å². The second kappa shape index (κ2) is 5.66. The van der Waals surface area contributed by atoms with Gasteiger partial charge in [-0.1, -0.05) is 5.16 Å². The van der Waals surface area contributed by atoms with E-state index in [1.54, 1.807) is 0 Å². The van der Waals surface area contributed by atoms with E-state index < -0.39 is 0 Å². The lowest BCUT2D eigenvalue weighted by molar-refractivity contribution is 0.241. The number of hydrogen-bond acceptors (Lipinski definition) is 6. The molecule has 4 heterocycles. The van der Waals surface area contributed by atoms with E-state index in [1.807, 2.05) is 36.8 Å². The van der Waals surface area contributed by atoms with Crippen LogP contribution in [0.15, 0.2) is 29.0 Å². The Morgan fingerprint density at radius 2 is 1.96 bits per heavy atom. The molecule has 0 unspecified atom stereocenters. The van der Waals surface area contributed by atoms with E-state index in [-0.39, 0.29) is 0 Å². The van der Waals surface area contributed by atoms with Gasteiger partial charge in [-0.3, -0.25) is 4.90 Å². The van der Waals surface area contributed by atoms with E-state index >= 15 is 0 Å². The van der Waals surface area contributed by atoms with Crippen LogP contribution in [0.2, 0.25) is 0 Å². The van der Waals surface area contributed by atoms with Crippen LogP contribution in [-0.4, -0.2) is 50.8 Å². The maximum Gasteiger partial charge on any atom is 0.154 e. The Bertz CT molecular complexity index is 815. The summed E-state index contributed by atoms with van der Waals surface area (Å²) < 4.78 is 7.05. The summed E-state index contributed by atoms with van der Waals surface area (Å²) in [4.78, 5) is 9.31. The fourth-order valence-electron chi connectivity index (χ4n) is 3.11. The van der Waals surface area contributed by atoms with Gasteiger partial charge in [0.15, 0.2) is 5.82 Å². The van der Waals surface area contributed by atoms with Crippen LogP contribution in [0.5, 0.6) is 0 Å². The largest absolute Gasteiger partial charge is 0.361 e. The first-order valence-electron chi connectivity index (χ1n) is 7.89. The normalized spacial score (nSPS) is 16.3. The number of rotatable bonds is 3. The Hall–Kier alpha value is -2.41. The van der Waals surface area contributed by atoms with Crippen molar-refractivity contribution < 1.29 is 4.52 Å². The lowest BCUT2D eigenvalue weighted by atomic mass is 10.2. The summed E-state index contributed by atoms with van der Waals surface area (Å²) in [7, 11) is 0. The molecule has 1 aliphatic rings. The van der Waals surface area contributed by atoms with Gasteiger partial charge in [-0.25, -0.2) is 9.50 Å². The van der Waals surface area contributed by atoms with E-state index in [4.69, 9.17) is 4.52 Å². The third-order valence-corrected chi connectivity index (χ3v) is 4.23. The third-order valence-electron chi connectivity index (χ3n) is 4.23. The van der Waals surface area contributed by atoms with Gasteiger partial charge in [-0.05, 0) is 19.9 Å². The monoisotopic (exact) mass is 312 g/mol. The molecule has 3 aromatic rings. The van der Waals surface area contributed by atoms with Crippen molar-refractivity contribution in [3.8, 4) is 0 Å². The summed E-state index contributed by atoms with van der Waals surface area (Å²) in [5.41, 5.74) is 3.09. The van der Waals surface area contributed by atoms with Gasteiger partial charge in [0.25, 0.3) is 0 Å². The average molecular weight is 312 g/mol. The first-order valence-corrected chi connectivity index (χ1v) is 7.89. The number of anilines is 1. The molecule has 0 radical (unpaired) electrons. The quantitative estimate of drug-likeness (QED) is 0.733. The fourth-order valence-corrected chi connectivity index (χ4v) is 3.11. The van der Waals surface area contributed by atoms with Gasteiger partial charge in [0.2, 0.25) is 0 Å². The highest BCUT2D eigenvalue weighted by molar-refractivity contribution is 5.69. The lowest BCUT2D eigenvalue weighted by Gasteiger charge is -2.35. The van der Waals surface area contributed by atoms with E-state index in [2.05, 4.69) is 31.1 Å². The molecule has 0 bridgehead atoms. The SMILES string of the molecule is Cc1cc2c(N3CCN(Cc4cc(C)on4)CC3)nccn2n1. The van der Waals surface area contributed by atoms with Gasteiger partial charge >= 0.3 is 0 Å². The van der Waals surface area contributed by atoms with Crippen molar-refractivity contribution in [1.82, 2.24) is 24.7 Å². The van der Waals surface area contributed by atoms with Gasteiger partial charge in [-0.15, -0.1) is 0 Å². The van der Waals surface area contributed by atoms with Crippen LogP contribution in [-0.2, 0) is 6.54 Å². The van der Waals surface area contributed by atoms with Gasteiger partial charge in [0.1, 0.15) is 11.3 Å². The number of hydrogen-bond donors (Lipinski definition) is 0. The molecule has 0 aliphatic carbocycles. The second-order valence-electron chi connectivity index (χ2n) is 6.06. The zero-order valence-electron chi connectivity index (χ0n) is 13.4. The predicted molar refractivity (Wildman–Crippen MR) is 86.5 cm³/mol. The Kier molecular flexibility index (Phi) is 3.49. The molecule has 0 saturated carbocycles. The maximum atomic E-state index is 5.14. The van der Waals surface area contributed by atoms with Crippen molar-refractivity contribution in [2.45, 2.75) is 20.4 Å². The first-order chi connectivity index (χ1) is 11.2. The standard InChI is InChI=1S/C16H20N6O/c1-12-9-15-16(17-3-4-22(15)18-12)21-7-5-20(6-8-21)11-14-10-13(2)23-19-14/h3-4,9-10H,5-8,11H2,1-2H3. The fraction of sp³-hybridized carbons (Fsp3) is 0.438. The van der Waals surface area contributed by atoms with Crippen molar-refractivity contribution in [1.29, 1.82) is 0 Å². The molecular weight excluding hydrogens is 292 g/mol. The molecule has 7 nitrogen and oxygen atoms in total. The number of aryl methyl sites for hydroxylation is 2. The Balaban J connectivity index is 1.46. The van der Waals surface area contributed by atoms with Crippen LogP contribution in [0.3, 0.4) is 0 Å². The molecule has 0 N–H and O–H groups in total.